The number of hydrogen-bond donors (Lipinski definition) is 1. The van der Waals surface area contributed by atoms with Crippen LogP contribution in [0, 0.1) is 0 Å². The molecule has 23 heavy (non-hydrogen) atoms. The summed E-state index contributed by atoms with van der Waals surface area (Å²) < 4.78 is 4.85. The minimum absolute atomic E-state index is 0.394. The van der Waals surface area contributed by atoms with Gasteiger partial charge < -0.3 is 9.84 Å². The molecule has 128 valence electrons. The summed E-state index contributed by atoms with van der Waals surface area (Å²) in [5.74, 6) is 0.407. The molecule has 0 bridgehead atoms. The lowest BCUT2D eigenvalue weighted by Gasteiger charge is -2.26. The number of rotatable bonds is 6. The number of benzene rings is 1. The summed E-state index contributed by atoms with van der Waals surface area (Å²) in [6.45, 7) is 2.19. The summed E-state index contributed by atoms with van der Waals surface area (Å²) in [6, 6.07) is 2.08. The molecule has 0 atom stereocenters. The second kappa shape index (κ2) is 8.23. The zero-order valence-electron chi connectivity index (χ0n) is 14.7. The summed E-state index contributed by atoms with van der Waals surface area (Å²) in [4.78, 5) is 13.5. The molecule has 0 saturated heterocycles. The molecule has 4 heteroatoms. The standard InChI is InChI=1S/C19H29NO3/c1-4-5-6-7-12-16-17(20(2)19(22)23-3)13-14-10-8-9-11-15(14)18(16)21/h13,21H,4-12H2,1-3H3. The molecule has 4 nitrogen and oxygen atoms in total. The predicted molar refractivity (Wildman–Crippen MR) is 93.4 cm³/mol. The van der Waals surface area contributed by atoms with Gasteiger partial charge in [-0.1, -0.05) is 26.2 Å². The molecule has 1 aromatic rings. The van der Waals surface area contributed by atoms with E-state index in [1.165, 1.54) is 30.4 Å². The Hall–Kier alpha value is -1.71. The first-order chi connectivity index (χ1) is 11.1. The maximum atomic E-state index is 11.9. The fraction of sp³-hybridized carbons (Fsp3) is 0.632. The van der Waals surface area contributed by atoms with Gasteiger partial charge in [0.1, 0.15) is 5.75 Å². The van der Waals surface area contributed by atoms with Crippen molar-refractivity contribution in [2.75, 3.05) is 19.1 Å². The van der Waals surface area contributed by atoms with Crippen LogP contribution in [0.4, 0.5) is 10.5 Å². The number of phenolic OH excluding ortho intramolecular Hbond substituents is 1. The number of unbranched alkanes of at least 4 members (excludes halogenated alkanes) is 3. The molecule has 0 aliphatic heterocycles. The Balaban J connectivity index is 2.36. The molecule has 0 spiro atoms. The fourth-order valence-corrected chi connectivity index (χ4v) is 3.42. The van der Waals surface area contributed by atoms with Gasteiger partial charge in [0.05, 0.1) is 12.8 Å². The molecular weight excluding hydrogens is 290 g/mol. The van der Waals surface area contributed by atoms with Gasteiger partial charge in [0, 0.05) is 12.6 Å². The van der Waals surface area contributed by atoms with Gasteiger partial charge in [-0.15, -0.1) is 0 Å². The van der Waals surface area contributed by atoms with E-state index in [1.54, 1.807) is 7.05 Å². The Morgan fingerprint density at radius 3 is 2.70 bits per heavy atom. The van der Waals surface area contributed by atoms with Crippen molar-refractivity contribution in [1.82, 2.24) is 0 Å². The van der Waals surface area contributed by atoms with Gasteiger partial charge in [-0.2, -0.15) is 0 Å². The number of methoxy groups -OCH3 is 1. The Bertz CT molecular complexity index is 554. The molecule has 0 radical (unpaired) electrons. The molecule has 0 unspecified atom stereocenters. The van der Waals surface area contributed by atoms with Crippen LogP contribution in [0.2, 0.25) is 0 Å². The van der Waals surface area contributed by atoms with Gasteiger partial charge in [0.15, 0.2) is 0 Å². The largest absolute Gasteiger partial charge is 0.507 e. The fourth-order valence-electron chi connectivity index (χ4n) is 3.42. The number of hydrogen-bond acceptors (Lipinski definition) is 3. The first kappa shape index (κ1) is 17.6. The number of anilines is 1. The second-order valence-corrected chi connectivity index (χ2v) is 6.41. The predicted octanol–water partition coefficient (Wildman–Crippen LogP) is 4.60. The lowest BCUT2D eigenvalue weighted by Crippen LogP contribution is -2.27. The number of aryl methyl sites for hydroxylation is 1. The normalized spacial score (nSPS) is 13.5. The quantitative estimate of drug-likeness (QED) is 0.780. The van der Waals surface area contributed by atoms with Crippen molar-refractivity contribution in [2.24, 2.45) is 0 Å². The van der Waals surface area contributed by atoms with E-state index in [0.29, 0.717) is 5.75 Å². The van der Waals surface area contributed by atoms with Crippen molar-refractivity contribution in [2.45, 2.75) is 64.7 Å². The molecule has 1 aromatic carbocycles. The third-order valence-corrected chi connectivity index (χ3v) is 4.79. The Morgan fingerprint density at radius 1 is 1.26 bits per heavy atom. The van der Waals surface area contributed by atoms with Crippen molar-refractivity contribution < 1.29 is 14.6 Å². The van der Waals surface area contributed by atoms with Crippen molar-refractivity contribution >= 4 is 11.8 Å². The van der Waals surface area contributed by atoms with Crippen LogP contribution in [-0.2, 0) is 24.0 Å². The number of aromatic hydroxyl groups is 1. The highest BCUT2D eigenvalue weighted by atomic mass is 16.5. The van der Waals surface area contributed by atoms with Crippen LogP contribution in [0.5, 0.6) is 5.75 Å². The Kier molecular flexibility index (Phi) is 6.31. The summed E-state index contributed by atoms with van der Waals surface area (Å²) in [5.41, 5.74) is 3.96. The molecule has 0 aromatic heterocycles. The highest BCUT2D eigenvalue weighted by Crippen LogP contribution is 2.39. The molecule has 2 rings (SSSR count). The van der Waals surface area contributed by atoms with E-state index in [1.807, 2.05) is 0 Å². The molecule has 0 heterocycles. The van der Waals surface area contributed by atoms with E-state index < -0.39 is 6.09 Å². The average Bonchev–Trinajstić information content (AvgIpc) is 2.58. The maximum absolute atomic E-state index is 11.9. The van der Waals surface area contributed by atoms with Crippen LogP contribution in [0.25, 0.3) is 0 Å². The topological polar surface area (TPSA) is 49.8 Å². The van der Waals surface area contributed by atoms with Gasteiger partial charge in [-0.25, -0.2) is 4.79 Å². The molecule has 1 N–H and O–H groups in total. The van der Waals surface area contributed by atoms with Crippen LogP contribution in [0.1, 0.15) is 62.1 Å². The van der Waals surface area contributed by atoms with Crippen LogP contribution in [0.3, 0.4) is 0 Å². The molecule has 0 fully saturated rings. The molecule has 0 saturated carbocycles. The van der Waals surface area contributed by atoms with Crippen LogP contribution in [-0.4, -0.2) is 25.4 Å². The zero-order valence-corrected chi connectivity index (χ0v) is 14.7. The van der Waals surface area contributed by atoms with Gasteiger partial charge in [0.2, 0.25) is 0 Å². The zero-order chi connectivity index (χ0) is 16.8. The molecular formula is C19H29NO3. The van der Waals surface area contributed by atoms with E-state index >= 15 is 0 Å². The highest BCUT2D eigenvalue weighted by Gasteiger charge is 2.23. The van der Waals surface area contributed by atoms with Crippen LogP contribution in [0.15, 0.2) is 6.07 Å². The third kappa shape index (κ3) is 3.98. The molecule has 1 amide bonds. The minimum Gasteiger partial charge on any atom is -0.507 e. The first-order valence-electron chi connectivity index (χ1n) is 8.78. The second-order valence-electron chi connectivity index (χ2n) is 6.41. The van der Waals surface area contributed by atoms with E-state index in [2.05, 4.69) is 13.0 Å². The van der Waals surface area contributed by atoms with E-state index in [0.717, 1.165) is 61.8 Å². The Morgan fingerprint density at radius 2 is 2.00 bits per heavy atom. The summed E-state index contributed by atoms with van der Waals surface area (Å²) in [6.07, 6.45) is 9.15. The van der Waals surface area contributed by atoms with Crippen molar-refractivity contribution in [1.29, 1.82) is 0 Å². The van der Waals surface area contributed by atoms with Crippen molar-refractivity contribution in [3.63, 3.8) is 0 Å². The van der Waals surface area contributed by atoms with Gasteiger partial charge in [-0.3, -0.25) is 4.90 Å². The van der Waals surface area contributed by atoms with E-state index in [9.17, 15) is 9.90 Å². The lowest BCUT2D eigenvalue weighted by molar-refractivity contribution is 0.180. The number of fused-ring (bicyclic) bond motifs is 1. The molecule has 1 aliphatic rings. The highest BCUT2D eigenvalue weighted by molar-refractivity contribution is 5.89. The summed E-state index contributed by atoms with van der Waals surface area (Å²) >= 11 is 0. The SMILES string of the molecule is CCCCCCc1c(N(C)C(=O)OC)cc2c(c1O)CCCC2. The number of carbonyl (C=O) groups excluding carboxylic acids is 1. The molecule has 1 aliphatic carbocycles. The number of phenols is 1. The van der Waals surface area contributed by atoms with Crippen molar-refractivity contribution in [3.8, 4) is 5.75 Å². The van der Waals surface area contributed by atoms with Gasteiger partial charge in [-0.05, 0) is 55.7 Å². The van der Waals surface area contributed by atoms with Crippen molar-refractivity contribution in [3.05, 3.63) is 22.8 Å². The summed E-state index contributed by atoms with van der Waals surface area (Å²) in [7, 11) is 3.10. The Labute approximate surface area is 139 Å². The van der Waals surface area contributed by atoms with Crippen LogP contribution >= 0.6 is 0 Å². The lowest BCUT2D eigenvalue weighted by atomic mass is 9.87. The van der Waals surface area contributed by atoms with Gasteiger partial charge in [0.25, 0.3) is 0 Å². The van der Waals surface area contributed by atoms with Gasteiger partial charge >= 0.3 is 6.09 Å². The average molecular weight is 319 g/mol. The van der Waals surface area contributed by atoms with E-state index in [4.69, 9.17) is 4.74 Å². The third-order valence-electron chi connectivity index (χ3n) is 4.79. The maximum Gasteiger partial charge on any atom is 0.413 e. The smallest absolute Gasteiger partial charge is 0.413 e. The number of carbonyl (C=O) groups is 1. The number of amides is 1. The van der Waals surface area contributed by atoms with E-state index in [-0.39, 0.29) is 0 Å². The minimum atomic E-state index is -0.394. The summed E-state index contributed by atoms with van der Waals surface area (Å²) in [5, 5.41) is 10.8. The monoisotopic (exact) mass is 319 g/mol. The first-order valence-corrected chi connectivity index (χ1v) is 8.78. The van der Waals surface area contributed by atoms with Crippen LogP contribution < -0.4 is 4.90 Å². The number of nitrogens with zero attached hydrogens (tertiary/aromatic N) is 1. The number of ether oxygens (including phenoxy) is 1.